The van der Waals surface area contributed by atoms with E-state index in [0.717, 1.165) is 5.57 Å². The van der Waals surface area contributed by atoms with Crippen molar-refractivity contribution in [1.29, 1.82) is 0 Å². The van der Waals surface area contributed by atoms with Crippen LogP contribution in [-0.2, 0) is 25.4 Å². The van der Waals surface area contributed by atoms with Crippen molar-refractivity contribution in [3.05, 3.63) is 63.8 Å². The van der Waals surface area contributed by atoms with Crippen molar-refractivity contribution in [2.24, 2.45) is 0 Å². The van der Waals surface area contributed by atoms with E-state index < -0.39 is 110 Å². The van der Waals surface area contributed by atoms with E-state index in [-0.39, 0.29) is 28.9 Å². The molecule has 0 amide bonds. The first-order valence-corrected chi connectivity index (χ1v) is 18.0. The minimum atomic E-state index is -1.78. The van der Waals surface area contributed by atoms with Gasteiger partial charge in [0.15, 0.2) is 18.2 Å². The smallest absolute Gasteiger partial charge is 0.235 e. The predicted molar refractivity (Wildman–Crippen MR) is 192 cm³/mol. The number of aliphatic hydroxyl groups is 9. The van der Waals surface area contributed by atoms with Crippen molar-refractivity contribution in [3.8, 4) is 28.6 Å². The van der Waals surface area contributed by atoms with Gasteiger partial charge >= 0.3 is 0 Å². The van der Waals surface area contributed by atoms with Crippen LogP contribution in [0.2, 0.25) is 0 Å². The molecular formula is C38H48O18. The molecule has 18 nitrogen and oxygen atoms in total. The Morgan fingerprint density at radius 2 is 1.50 bits per heavy atom. The molecule has 308 valence electrons. The topological polar surface area (TPSA) is 277 Å². The van der Waals surface area contributed by atoms with Gasteiger partial charge in [0.1, 0.15) is 72.0 Å². The van der Waals surface area contributed by atoms with Gasteiger partial charge in [0, 0.05) is 11.1 Å². The first-order chi connectivity index (χ1) is 26.6. The first-order valence-electron chi connectivity index (χ1n) is 18.0. The van der Waals surface area contributed by atoms with Crippen LogP contribution < -0.4 is 19.6 Å². The average molecular weight is 793 g/mol. The summed E-state index contributed by atoms with van der Waals surface area (Å²) in [5, 5.41) is 93.8. The van der Waals surface area contributed by atoms with E-state index in [2.05, 4.69) is 0 Å². The van der Waals surface area contributed by atoms with Gasteiger partial charge in [-0.15, -0.1) is 0 Å². The summed E-state index contributed by atoms with van der Waals surface area (Å²) in [7, 11) is 1.47. The molecule has 3 aliphatic heterocycles. The average Bonchev–Trinajstić information content (AvgIpc) is 3.18. The Labute approximate surface area is 320 Å². The highest BCUT2D eigenvalue weighted by atomic mass is 16.8. The van der Waals surface area contributed by atoms with Crippen LogP contribution in [0.1, 0.15) is 26.3 Å². The molecule has 4 heterocycles. The van der Waals surface area contributed by atoms with Crippen molar-refractivity contribution < 1.29 is 83.5 Å². The fourth-order valence-electron chi connectivity index (χ4n) is 6.63. The summed E-state index contributed by atoms with van der Waals surface area (Å²) in [6.45, 7) is 4.05. The lowest BCUT2D eigenvalue weighted by Crippen LogP contribution is -2.62. The number of aliphatic hydroxyl groups excluding tert-OH is 9. The number of ether oxygens (including phenoxy) is 7. The summed E-state index contributed by atoms with van der Waals surface area (Å²) in [4.78, 5) is 14.6. The van der Waals surface area contributed by atoms with Crippen molar-refractivity contribution in [2.75, 3.05) is 20.3 Å². The molecule has 3 fully saturated rings. The van der Waals surface area contributed by atoms with E-state index >= 15 is 0 Å². The van der Waals surface area contributed by atoms with Crippen LogP contribution in [0.15, 0.2) is 57.3 Å². The number of rotatable bonds is 11. The van der Waals surface area contributed by atoms with Gasteiger partial charge in [0.2, 0.25) is 23.8 Å². The third kappa shape index (κ3) is 8.30. The third-order valence-corrected chi connectivity index (χ3v) is 10.0. The maximum Gasteiger partial charge on any atom is 0.235 e. The molecule has 18 heteroatoms. The van der Waals surface area contributed by atoms with Gasteiger partial charge < -0.3 is 83.5 Å². The fraction of sp³-hybridized carbons (Fsp3) is 0.553. The maximum atomic E-state index is 14.6. The summed E-state index contributed by atoms with van der Waals surface area (Å²) in [6, 6.07) is 9.19. The number of hydrogen-bond acceptors (Lipinski definition) is 18. The second-order valence-corrected chi connectivity index (χ2v) is 14.2. The maximum absolute atomic E-state index is 14.6. The number of allylic oxidation sites excluding steroid dienone is 2. The first kappa shape index (κ1) is 41.9. The van der Waals surface area contributed by atoms with Gasteiger partial charge in [-0.3, -0.25) is 4.79 Å². The molecule has 9 N–H and O–H groups in total. The summed E-state index contributed by atoms with van der Waals surface area (Å²) in [6.07, 6.45) is -20.0. The minimum Gasteiger partial charge on any atom is -0.497 e. The van der Waals surface area contributed by atoms with E-state index in [1.54, 1.807) is 24.3 Å². The number of hydrogen-bond donors (Lipinski definition) is 9. The molecule has 14 atom stereocenters. The lowest BCUT2D eigenvalue weighted by atomic mass is 9.99. The van der Waals surface area contributed by atoms with Crippen molar-refractivity contribution in [3.63, 3.8) is 0 Å². The predicted octanol–water partition coefficient (Wildman–Crippen LogP) is -1.17. The summed E-state index contributed by atoms with van der Waals surface area (Å²) in [5.74, 6) is 0.0162. The van der Waals surface area contributed by atoms with Crippen molar-refractivity contribution in [1.82, 2.24) is 0 Å². The van der Waals surface area contributed by atoms with Gasteiger partial charge in [-0.05, 0) is 63.6 Å². The molecule has 2 aromatic carbocycles. The summed E-state index contributed by atoms with van der Waals surface area (Å²) < 4.78 is 46.8. The summed E-state index contributed by atoms with van der Waals surface area (Å²) >= 11 is 0. The fourth-order valence-corrected chi connectivity index (χ4v) is 6.63. The largest absolute Gasteiger partial charge is 0.497 e. The highest BCUT2D eigenvalue weighted by Gasteiger charge is 2.50. The quantitative estimate of drug-likeness (QED) is 0.103. The van der Waals surface area contributed by atoms with Gasteiger partial charge in [-0.2, -0.15) is 0 Å². The third-order valence-electron chi connectivity index (χ3n) is 10.0. The molecule has 3 saturated heterocycles. The Morgan fingerprint density at radius 1 is 0.804 bits per heavy atom. The molecule has 0 radical (unpaired) electrons. The number of fused-ring (bicyclic) bond motifs is 1. The van der Waals surface area contributed by atoms with Crippen LogP contribution in [0.25, 0.3) is 22.3 Å². The van der Waals surface area contributed by atoms with Crippen LogP contribution >= 0.6 is 0 Å². The molecule has 0 saturated carbocycles. The SMILES string of the molecule is COc1ccc(-c2oc3c(CC=C(C)C)c(OC4OC(CO)C(O)C(O)C4O)ccc3c(=O)c2OC2OC(C)C(O)C(O)C2OC2OCC(O)C(O)C2O)cc1. The normalized spacial score (nSPS) is 34.9. The Morgan fingerprint density at radius 3 is 2.16 bits per heavy atom. The van der Waals surface area contributed by atoms with E-state index in [1.807, 2.05) is 19.9 Å². The van der Waals surface area contributed by atoms with E-state index in [1.165, 1.54) is 26.2 Å². The van der Waals surface area contributed by atoms with Gasteiger partial charge in [0.25, 0.3) is 0 Å². The van der Waals surface area contributed by atoms with Crippen molar-refractivity contribution in [2.45, 2.75) is 113 Å². The standard InChI is InChI=1S/C38H48O18/c1-15(2)5-10-19-22(52-37-31(48)28(45)27(44)23(13-39)53-37)12-11-20-25(42)34(32(54-33(19)20)17-6-8-18(49-4)9-7-17)55-38-35(29(46)24(41)16(3)51-38)56-36-30(47)26(43)21(40)14-50-36/h5-9,11-12,16,21,23-24,26-31,35-41,43-48H,10,13-14H2,1-4H3. The van der Waals surface area contributed by atoms with Gasteiger partial charge in [-0.25, -0.2) is 0 Å². The molecule has 0 bridgehead atoms. The molecule has 6 rings (SSSR count). The van der Waals surface area contributed by atoms with Crippen LogP contribution in [0.5, 0.6) is 17.2 Å². The lowest BCUT2D eigenvalue weighted by Gasteiger charge is -2.44. The Balaban J connectivity index is 1.47. The summed E-state index contributed by atoms with van der Waals surface area (Å²) in [5.41, 5.74) is 0.824. The zero-order chi connectivity index (χ0) is 40.6. The Bertz CT molecular complexity index is 1890. The Hall–Kier alpha value is -3.73. The molecule has 3 aliphatic rings. The second-order valence-electron chi connectivity index (χ2n) is 14.2. The molecule has 56 heavy (non-hydrogen) atoms. The molecule has 3 aromatic rings. The minimum absolute atomic E-state index is 0.0133. The number of methoxy groups -OCH3 is 1. The Kier molecular flexibility index (Phi) is 13.0. The molecular weight excluding hydrogens is 744 g/mol. The highest BCUT2D eigenvalue weighted by Crippen LogP contribution is 2.39. The van der Waals surface area contributed by atoms with Crippen LogP contribution in [0.3, 0.4) is 0 Å². The highest BCUT2D eigenvalue weighted by molar-refractivity contribution is 5.86. The zero-order valence-electron chi connectivity index (χ0n) is 30.9. The van der Waals surface area contributed by atoms with Crippen molar-refractivity contribution >= 4 is 11.0 Å². The zero-order valence-corrected chi connectivity index (χ0v) is 30.9. The molecule has 1 aromatic heterocycles. The number of benzene rings is 2. The molecule has 0 aliphatic carbocycles. The van der Waals surface area contributed by atoms with Crippen LogP contribution in [-0.4, -0.2) is 152 Å². The van der Waals surface area contributed by atoms with E-state index in [4.69, 9.17) is 37.6 Å². The van der Waals surface area contributed by atoms with E-state index in [0.29, 0.717) is 16.9 Å². The van der Waals surface area contributed by atoms with E-state index in [9.17, 15) is 50.8 Å². The van der Waals surface area contributed by atoms with Gasteiger partial charge in [-0.1, -0.05) is 11.6 Å². The van der Waals surface area contributed by atoms with Crippen LogP contribution in [0, 0.1) is 0 Å². The monoisotopic (exact) mass is 792 g/mol. The second kappa shape index (κ2) is 17.4. The molecule has 0 spiro atoms. The lowest BCUT2D eigenvalue weighted by molar-refractivity contribution is -0.341. The molecule has 14 unspecified atom stereocenters. The van der Waals surface area contributed by atoms with Crippen LogP contribution in [0.4, 0.5) is 0 Å². The van der Waals surface area contributed by atoms with Gasteiger partial charge in [0.05, 0.1) is 31.8 Å².